The maximum absolute atomic E-state index is 12.5. The van der Waals surface area contributed by atoms with Crippen LogP contribution < -0.4 is 0 Å². The van der Waals surface area contributed by atoms with Gasteiger partial charge in [0.05, 0.1) is 12.4 Å². The first-order valence-corrected chi connectivity index (χ1v) is 7.81. The second kappa shape index (κ2) is 5.73. The molecule has 0 fully saturated rings. The summed E-state index contributed by atoms with van der Waals surface area (Å²) in [5, 5.41) is 8.51. The van der Waals surface area contributed by atoms with Crippen LogP contribution in [0.2, 0.25) is 0 Å². The zero-order valence-corrected chi connectivity index (χ0v) is 14.5. The Hall–Kier alpha value is -2.28. The monoisotopic (exact) mass is 374 g/mol. The molecule has 3 heterocycles. The Bertz CT molecular complexity index is 869. The lowest BCUT2D eigenvalue weighted by molar-refractivity contribution is 0.0544. The summed E-state index contributed by atoms with van der Waals surface area (Å²) >= 11 is 3.42. The highest BCUT2D eigenvalue weighted by molar-refractivity contribution is 9.10. The summed E-state index contributed by atoms with van der Waals surface area (Å²) in [6, 6.07) is 3.75. The van der Waals surface area contributed by atoms with E-state index >= 15 is 0 Å². The van der Waals surface area contributed by atoms with Crippen molar-refractivity contribution in [3.05, 3.63) is 41.4 Å². The standard InChI is InChI=1S/C16H15BrN4O2/c1-16(2,3)23-15(22)21-9-13(10-4-5-19-20-7-10)12-6-11(17)8-18-14(12)21/h4-9H,1-3H3. The summed E-state index contributed by atoms with van der Waals surface area (Å²) in [7, 11) is 0. The van der Waals surface area contributed by atoms with Crippen molar-refractivity contribution in [1.82, 2.24) is 19.7 Å². The van der Waals surface area contributed by atoms with Crippen LogP contribution in [0.15, 0.2) is 41.4 Å². The molecule has 0 unspecified atom stereocenters. The average molecular weight is 375 g/mol. The Labute approximate surface area is 141 Å². The van der Waals surface area contributed by atoms with Crippen molar-refractivity contribution in [1.29, 1.82) is 0 Å². The van der Waals surface area contributed by atoms with E-state index in [-0.39, 0.29) is 0 Å². The first-order chi connectivity index (χ1) is 10.8. The highest BCUT2D eigenvalue weighted by atomic mass is 79.9. The van der Waals surface area contributed by atoms with E-state index in [4.69, 9.17) is 4.74 Å². The minimum atomic E-state index is -0.582. The van der Waals surface area contributed by atoms with Gasteiger partial charge in [0.1, 0.15) is 11.2 Å². The van der Waals surface area contributed by atoms with Gasteiger partial charge < -0.3 is 4.74 Å². The van der Waals surface area contributed by atoms with Gasteiger partial charge in [-0.1, -0.05) is 0 Å². The summed E-state index contributed by atoms with van der Waals surface area (Å²) in [6.45, 7) is 5.48. The summed E-state index contributed by atoms with van der Waals surface area (Å²) < 4.78 is 7.70. The molecule has 3 aromatic heterocycles. The van der Waals surface area contributed by atoms with Crippen LogP contribution in [0.5, 0.6) is 0 Å². The van der Waals surface area contributed by atoms with Crippen LogP contribution in [0.4, 0.5) is 4.79 Å². The summed E-state index contributed by atoms with van der Waals surface area (Å²) in [5.74, 6) is 0. The van der Waals surface area contributed by atoms with Gasteiger partial charge >= 0.3 is 6.09 Å². The van der Waals surface area contributed by atoms with Crippen LogP contribution in [0, 0.1) is 0 Å². The van der Waals surface area contributed by atoms with Crippen molar-refractivity contribution in [3.8, 4) is 11.1 Å². The molecule has 0 aliphatic carbocycles. The van der Waals surface area contributed by atoms with Gasteiger partial charge in [0.2, 0.25) is 0 Å². The first-order valence-electron chi connectivity index (χ1n) is 7.02. The molecule has 0 aliphatic rings. The van der Waals surface area contributed by atoms with E-state index in [1.807, 2.05) is 32.9 Å². The number of hydrogen-bond donors (Lipinski definition) is 0. The van der Waals surface area contributed by atoms with Gasteiger partial charge in [-0.05, 0) is 48.8 Å². The molecular weight excluding hydrogens is 360 g/mol. The van der Waals surface area contributed by atoms with E-state index in [2.05, 4.69) is 31.1 Å². The number of hydrogen-bond acceptors (Lipinski definition) is 5. The number of ether oxygens (including phenoxy) is 1. The molecule has 0 spiro atoms. The lowest BCUT2D eigenvalue weighted by atomic mass is 10.1. The van der Waals surface area contributed by atoms with Crippen molar-refractivity contribution < 1.29 is 9.53 Å². The number of rotatable bonds is 1. The van der Waals surface area contributed by atoms with E-state index in [0.29, 0.717) is 5.65 Å². The van der Waals surface area contributed by atoms with Gasteiger partial charge in [0.15, 0.2) is 0 Å². The van der Waals surface area contributed by atoms with Gasteiger partial charge in [-0.2, -0.15) is 10.2 Å². The van der Waals surface area contributed by atoms with Crippen LogP contribution in [0.1, 0.15) is 20.8 Å². The van der Waals surface area contributed by atoms with E-state index in [1.54, 1.807) is 24.8 Å². The zero-order chi connectivity index (χ0) is 16.6. The topological polar surface area (TPSA) is 69.9 Å². The lowest BCUT2D eigenvalue weighted by Crippen LogP contribution is -2.26. The summed E-state index contributed by atoms with van der Waals surface area (Å²) in [4.78, 5) is 16.8. The third-order valence-corrected chi connectivity index (χ3v) is 3.53. The predicted octanol–water partition coefficient (Wildman–Crippen LogP) is 4.04. The Morgan fingerprint density at radius 2 is 2.04 bits per heavy atom. The quantitative estimate of drug-likeness (QED) is 0.642. The Kier molecular flexibility index (Phi) is 3.89. The molecule has 0 saturated carbocycles. The van der Waals surface area contributed by atoms with Gasteiger partial charge in [-0.3, -0.25) is 0 Å². The Morgan fingerprint density at radius 1 is 1.26 bits per heavy atom. The lowest BCUT2D eigenvalue weighted by Gasteiger charge is -2.19. The molecule has 0 radical (unpaired) electrons. The van der Waals surface area contributed by atoms with Crippen molar-refractivity contribution in [2.75, 3.05) is 0 Å². The van der Waals surface area contributed by atoms with Gasteiger partial charge in [0.25, 0.3) is 0 Å². The molecule has 0 N–H and O–H groups in total. The van der Waals surface area contributed by atoms with E-state index < -0.39 is 11.7 Å². The smallest absolute Gasteiger partial charge is 0.420 e. The third-order valence-electron chi connectivity index (χ3n) is 3.10. The fourth-order valence-corrected chi connectivity index (χ4v) is 2.54. The predicted molar refractivity (Wildman–Crippen MR) is 90.1 cm³/mol. The fraction of sp³-hybridized carbons (Fsp3) is 0.250. The number of carbonyl (C=O) groups is 1. The summed E-state index contributed by atoms with van der Waals surface area (Å²) in [5.41, 5.74) is 1.65. The number of fused-ring (bicyclic) bond motifs is 1. The molecule has 7 heteroatoms. The number of nitrogens with zero attached hydrogens (tertiary/aromatic N) is 4. The highest BCUT2D eigenvalue weighted by Crippen LogP contribution is 2.31. The van der Waals surface area contributed by atoms with Crippen LogP contribution in [0.25, 0.3) is 22.2 Å². The molecular formula is C16H15BrN4O2. The number of halogens is 1. The van der Waals surface area contributed by atoms with Gasteiger partial charge in [0, 0.05) is 33.4 Å². The number of carbonyl (C=O) groups excluding carboxylic acids is 1. The molecule has 3 rings (SSSR count). The SMILES string of the molecule is CC(C)(C)OC(=O)n1cc(-c2ccnnc2)c2cc(Br)cnc21. The molecule has 118 valence electrons. The molecule has 0 amide bonds. The Morgan fingerprint density at radius 3 is 2.70 bits per heavy atom. The summed E-state index contributed by atoms with van der Waals surface area (Å²) in [6.07, 6.45) is 6.16. The minimum Gasteiger partial charge on any atom is -0.443 e. The molecule has 0 aliphatic heterocycles. The van der Waals surface area contributed by atoms with E-state index in [0.717, 1.165) is 21.0 Å². The van der Waals surface area contributed by atoms with Crippen molar-refractivity contribution in [3.63, 3.8) is 0 Å². The van der Waals surface area contributed by atoms with Crippen LogP contribution in [-0.2, 0) is 4.74 Å². The number of pyridine rings is 1. The average Bonchev–Trinajstić information content (AvgIpc) is 2.85. The zero-order valence-electron chi connectivity index (χ0n) is 12.9. The highest BCUT2D eigenvalue weighted by Gasteiger charge is 2.22. The fourth-order valence-electron chi connectivity index (χ4n) is 2.21. The molecule has 23 heavy (non-hydrogen) atoms. The second-order valence-corrected chi connectivity index (χ2v) is 6.96. The van der Waals surface area contributed by atoms with Crippen molar-refractivity contribution in [2.45, 2.75) is 26.4 Å². The molecule has 0 saturated heterocycles. The normalized spacial score (nSPS) is 11.7. The van der Waals surface area contributed by atoms with E-state index in [1.165, 1.54) is 4.57 Å². The Balaban J connectivity index is 2.19. The third kappa shape index (κ3) is 3.24. The molecule has 0 bridgehead atoms. The number of aromatic nitrogens is 4. The van der Waals surface area contributed by atoms with Crippen molar-refractivity contribution in [2.24, 2.45) is 0 Å². The first kappa shape index (κ1) is 15.6. The van der Waals surface area contributed by atoms with Crippen molar-refractivity contribution >= 4 is 33.1 Å². The molecule has 6 nitrogen and oxygen atoms in total. The second-order valence-electron chi connectivity index (χ2n) is 6.05. The largest absolute Gasteiger partial charge is 0.443 e. The maximum atomic E-state index is 12.5. The molecule has 3 aromatic rings. The van der Waals surface area contributed by atoms with Gasteiger partial charge in [-0.15, -0.1) is 0 Å². The van der Waals surface area contributed by atoms with Crippen LogP contribution in [0.3, 0.4) is 0 Å². The maximum Gasteiger partial charge on any atom is 0.420 e. The molecule has 0 atom stereocenters. The van der Waals surface area contributed by atoms with Crippen LogP contribution in [-0.4, -0.2) is 31.4 Å². The van der Waals surface area contributed by atoms with E-state index in [9.17, 15) is 4.79 Å². The minimum absolute atomic E-state index is 0.467. The molecule has 0 aromatic carbocycles. The van der Waals surface area contributed by atoms with Crippen LogP contribution >= 0.6 is 15.9 Å². The van der Waals surface area contributed by atoms with Gasteiger partial charge in [-0.25, -0.2) is 14.3 Å².